The van der Waals surface area contributed by atoms with Crippen LogP contribution >= 0.6 is 0 Å². The van der Waals surface area contributed by atoms with E-state index < -0.39 is 0 Å². The Kier molecular flexibility index (Phi) is 8.65. The largest absolute Gasteiger partial charge is 0.352 e. The minimum atomic E-state index is -0.259. The summed E-state index contributed by atoms with van der Waals surface area (Å²) in [5.74, 6) is -0.365. The summed E-state index contributed by atoms with van der Waals surface area (Å²) in [5.41, 5.74) is 4.89. The predicted molar refractivity (Wildman–Crippen MR) is 115 cm³/mol. The number of benzene rings is 1. The average molecular weight is 383 g/mol. The van der Waals surface area contributed by atoms with Crippen LogP contribution in [0.4, 0.5) is 0 Å². The monoisotopic (exact) mass is 382 g/mol. The van der Waals surface area contributed by atoms with Gasteiger partial charge in [-0.15, -0.1) is 0 Å². The third-order valence-corrected chi connectivity index (χ3v) is 5.34. The molecule has 0 fully saturated rings. The summed E-state index contributed by atoms with van der Waals surface area (Å²) in [5, 5.41) is 6.18. The third-order valence-electron chi connectivity index (χ3n) is 5.34. The quantitative estimate of drug-likeness (QED) is 0.626. The Bertz CT molecular complexity index is 745. The molecule has 4 nitrogen and oxygen atoms in total. The topological polar surface area (TPSA) is 58.2 Å². The maximum absolute atomic E-state index is 12.8. The third kappa shape index (κ3) is 6.75. The molecule has 1 aliphatic carbocycles. The van der Waals surface area contributed by atoms with Crippen molar-refractivity contribution < 1.29 is 9.59 Å². The maximum Gasteiger partial charge on any atom is 0.224 e. The molecule has 4 heteroatoms. The summed E-state index contributed by atoms with van der Waals surface area (Å²) in [6.07, 6.45) is 7.74. The van der Waals surface area contributed by atoms with Crippen LogP contribution in [0.25, 0.3) is 0 Å². The lowest BCUT2D eigenvalue weighted by atomic mass is 9.76. The molecule has 0 spiro atoms. The number of hydrogen-bond donors (Lipinski definition) is 2. The fourth-order valence-electron chi connectivity index (χ4n) is 3.81. The Labute approximate surface area is 169 Å². The smallest absolute Gasteiger partial charge is 0.224 e. The van der Waals surface area contributed by atoms with Gasteiger partial charge >= 0.3 is 0 Å². The predicted octanol–water partition coefficient (Wildman–Crippen LogP) is 4.31. The second-order valence-electron chi connectivity index (χ2n) is 8.01. The molecule has 0 aromatic heterocycles. The van der Waals surface area contributed by atoms with Crippen molar-refractivity contribution in [2.45, 2.75) is 59.5 Å². The molecule has 2 N–H and O–H groups in total. The first-order valence-corrected chi connectivity index (χ1v) is 10.2. The van der Waals surface area contributed by atoms with Crippen LogP contribution in [-0.2, 0) is 22.7 Å². The highest BCUT2D eigenvalue weighted by molar-refractivity contribution is 5.88. The fraction of sp³-hybridized carbons (Fsp3) is 0.500. The summed E-state index contributed by atoms with van der Waals surface area (Å²) in [6, 6.07) is 8.19. The van der Waals surface area contributed by atoms with E-state index in [1.165, 1.54) is 16.7 Å². The molecule has 2 atom stereocenters. The van der Waals surface area contributed by atoms with Gasteiger partial charge in [0.15, 0.2) is 0 Å². The van der Waals surface area contributed by atoms with Crippen LogP contribution in [0.3, 0.4) is 0 Å². The molecule has 0 heterocycles. The van der Waals surface area contributed by atoms with E-state index in [-0.39, 0.29) is 23.5 Å². The van der Waals surface area contributed by atoms with Crippen molar-refractivity contribution in [2.75, 3.05) is 7.05 Å². The molecule has 0 saturated carbocycles. The summed E-state index contributed by atoms with van der Waals surface area (Å²) >= 11 is 0. The van der Waals surface area contributed by atoms with Gasteiger partial charge in [-0.05, 0) is 64.6 Å². The lowest BCUT2D eigenvalue weighted by Crippen LogP contribution is -2.38. The van der Waals surface area contributed by atoms with E-state index in [9.17, 15) is 9.59 Å². The van der Waals surface area contributed by atoms with Gasteiger partial charge in [0.25, 0.3) is 0 Å². The summed E-state index contributed by atoms with van der Waals surface area (Å²) in [6.45, 7) is 7.11. The molecule has 0 aliphatic heterocycles. The molecular formula is C24H34N2O2. The van der Waals surface area contributed by atoms with E-state index in [1.54, 1.807) is 6.92 Å². The van der Waals surface area contributed by atoms with Crippen molar-refractivity contribution in [1.82, 2.24) is 10.6 Å². The molecule has 1 aliphatic rings. The van der Waals surface area contributed by atoms with Crippen molar-refractivity contribution >= 4 is 11.7 Å². The number of carbonyl (C=O) groups is 2. The number of amides is 1. The Morgan fingerprint density at radius 1 is 1.11 bits per heavy atom. The second-order valence-corrected chi connectivity index (χ2v) is 8.01. The number of Topliss-reactive ketones (excluding diaryl/α,β-unsaturated/α-hetero) is 1. The molecule has 1 aromatic rings. The highest BCUT2D eigenvalue weighted by Crippen LogP contribution is 2.33. The van der Waals surface area contributed by atoms with Crippen LogP contribution in [0.1, 0.15) is 57.6 Å². The second kappa shape index (κ2) is 11.0. The van der Waals surface area contributed by atoms with E-state index in [0.29, 0.717) is 19.4 Å². The molecule has 0 bridgehead atoms. The van der Waals surface area contributed by atoms with E-state index in [0.717, 1.165) is 24.9 Å². The summed E-state index contributed by atoms with van der Waals surface area (Å²) in [7, 11) is 1.92. The van der Waals surface area contributed by atoms with Crippen molar-refractivity contribution in [1.29, 1.82) is 0 Å². The lowest BCUT2D eigenvalue weighted by molar-refractivity contribution is -0.133. The SMILES string of the molecule is CNCc1cccc(CNC(=O)C2CC=C(CCC=C(C)C)CC2C(C)=O)c1. The zero-order chi connectivity index (χ0) is 20.5. The Hall–Kier alpha value is -2.20. The molecular weight excluding hydrogens is 348 g/mol. The Balaban J connectivity index is 1.97. The minimum Gasteiger partial charge on any atom is -0.352 e. The van der Waals surface area contributed by atoms with Crippen LogP contribution in [0.2, 0.25) is 0 Å². The molecule has 152 valence electrons. The zero-order valence-electron chi connectivity index (χ0n) is 17.7. The number of allylic oxidation sites excluding steroid dienone is 4. The van der Waals surface area contributed by atoms with E-state index >= 15 is 0 Å². The summed E-state index contributed by atoms with van der Waals surface area (Å²) < 4.78 is 0. The first-order chi connectivity index (χ1) is 13.4. The molecule has 28 heavy (non-hydrogen) atoms. The Morgan fingerprint density at radius 3 is 2.46 bits per heavy atom. The maximum atomic E-state index is 12.8. The van der Waals surface area contributed by atoms with Crippen LogP contribution in [0.15, 0.2) is 47.6 Å². The molecule has 2 unspecified atom stereocenters. The van der Waals surface area contributed by atoms with Crippen LogP contribution < -0.4 is 10.6 Å². The highest BCUT2D eigenvalue weighted by atomic mass is 16.2. The Morgan fingerprint density at radius 2 is 1.82 bits per heavy atom. The molecule has 2 rings (SSSR count). The van der Waals surface area contributed by atoms with Gasteiger partial charge < -0.3 is 10.6 Å². The lowest BCUT2D eigenvalue weighted by Gasteiger charge is -2.29. The minimum absolute atomic E-state index is 0.0150. The first-order valence-electron chi connectivity index (χ1n) is 10.2. The number of nitrogens with one attached hydrogen (secondary N) is 2. The van der Waals surface area contributed by atoms with Gasteiger partial charge in [0, 0.05) is 19.0 Å². The van der Waals surface area contributed by atoms with E-state index in [4.69, 9.17) is 0 Å². The first kappa shape index (κ1) is 22.1. The standard InChI is InChI=1S/C24H34N2O2/c1-17(2)7-5-8-19-11-12-22(23(14-19)18(3)27)24(28)26-16-21-10-6-9-20(13-21)15-25-4/h6-7,9-11,13,22-23,25H,5,8,12,14-16H2,1-4H3,(H,26,28). The zero-order valence-corrected chi connectivity index (χ0v) is 17.7. The van der Waals surface area contributed by atoms with Crippen molar-refractivity contribution in [2.24, 2.45) is 11.8 Å². The van der Waals surface area contributed by atoms with Gasteiger partial charge in [-0.25, -0.2) is 0 Å². The number of rotatable bonds is 9. The molecule has 0 radical (unpaired) electrons. The van der Waals surface area contributed by atoms with Gasteiger partial charge in [0.2, 0.25) is 5.91 Å². The normalized spacial score (nSPS) is 18.9. The van der Waals surface area contributed by atoms with Gasteiger partial charge in [-0.2, -0.15) is 0 Å². The molecule has 0 saturated heterocycles. The van der Waals surface area contributed by atoms with Crippen molar-refractivity contribution in [3.05, 3.63) is 58.7 Å². The average Bonchev–Trinajstić information content (AvgIpc) is 2.66. The van der Waals surface area contributed by atoms with Crippen LogP contribution in [0, 0.1) is 11.8 Å². The van der Waals surface area contributed by atoms with Gasteiger partial charge in [-0.1, -0.05) is 47.6 Å². The van der Waals surface area contributed by atoms with Crippen molar-refractivity contribution in [3.63, 3.8) is 0 Å². The van der Waals surface area contributed by atoms with Gasteiger partial charge in [0.05, 0.1) is 5.92 Å². The van der Waals surface area contributed by atoms with Crippen LogP contribution in [-0.4, -0.2) is 18.7 Å². The number of hydrogen-bond acceptors (Lipinski definition) is 3. The fourth-order valence-corrected chi connectivity index (χ4v) is 3.81. The number of ketones is 1. The highest BCUT2D eigenvalue weighted by Gasteiger charge is 2.33. The van der Waals surface area contributed by atoms with Crippen molar-refractivity contribution in [3.8, 4) is 0 Å². The number of carbonyl (C=O) groups excluding carboxylic acids is 2. The van der Waals surface area contributed by atoms with E-state index in [2.05, 4.69) is 48.8 Å². The van der Waals surface area contributed by atoms with Gasteiger partial charge in [0.1, 0.15) is 5.78 Å². The van der Waals surface area contributed by atoms with Gasteiger partial charge in [-0.3, -0.25) is 9.59 Å². The van der Waals surface area contributed by atoms with Crippen LogP contribution in [0.5, 0.6) is 0 Å². The molecule has 1 amide bonds. The summed E-state index contributed by atoms with van der Waals surface area (Å²) in [4.78, 5) is 25.0. The molecule has 1 aromatic carbocycles. The van der Waals surface area contributed by atoms with E-state index in [1.807, 2.05) is 19.2 Å².